The Morgan fingerprint density at radius 2 is 1.95 bits per heavy atom. The molecule has 0 heterocycles. The number of rotatable bonds is 3. The smallest absolute Gasteiger partial charge is 0.123 e. The molecule has 0 amide bonds. The summed E-state index contributed by atoms with van der Waals surface area (Å²) >= 11 is 6.73. The lowest BCUT2D eigenvalue weighted by atomic mass is 10.1. The Morgan fingerprint density at radius 3 is 2.68 bits per heavy atom. The Morgan fingerprint density at radius 1 is 1.16 bits per heavy atom. The Labute approximate surface area is 127 Å². The summed E-state index contributed by atoms with van der Waals surface area (Å²) in [5.74, 6) is -0.283. The molecule has 0 unspecified atom stereocenters. The number of anilines is 1. The molecular formula is C14H9Br2FN2. The van der Waals surface area contributed by atoms with Gasteiger partial charge in [0, 0.05) is 15.5 Å². The summed E-state index contributed by atoms with van der Waals surface area (Å²) in [6, 6.07) is 12.0. The predicted molar refractivity (Wildman–Crippen MR) is 80.3 cm³/mol. The molecule has 0 spiro atoms. The van der Waals surface area contributed by atoms with Gasteiger partial charge in [-0.25, -0.2) is 4.39 Å². The average Bonchev–Trinajstić information content (AvgIpc) is 2.40. The molecule has 96 valence electrons. The molecule has 2 nitrogen and oxygen atoms in total. The lowest BCUT2D eigenvalue weighted by molar-refractivity contribution is 0.625. The first-order chi connectivity index (χ1) is 9.10. The Kier molecular flexibility index (Phi) is 4.56. The molecule has 0 saturated heterocycles. The number of nitrogens with one attached hydrogen (secondary N) is 1. The monoisotopic (exact) mass is 382 g/mol. The molecule has 0 atom stereocenters. The second-order valence-electron chi connectivity index (χ2n) is 3.89. The molecule has 0 fully saturated rings. The van der Waals surface area contributed by atoms with Crippen LogP contribution in [0.1, 0.15) is 11.1 Å². The van der Waals surface area contributed by atoms with Crippen LogP contribution in [0.5, 0.6) is 0 Å². The van der Waals surface area contributed by atoms with E-state index in [0.29, 0.717) is 17.8 Å². The van der Waals surface area contributed by atoms with Crippen LogP contribution in [0.25, 0.3) is 0 Å². The normalized spacial score (nSPS) is 10.0. The molecule has 19 heavy (non-hydrogen) atoms. The molecule has 0 bridgehead atoms. The lowest BCUT2D eigenvalue weighted by Crippen LogP contribution is -2.02. The van der Waals surface area contributed by atoms with Gasteiger partial charge in [-0.1, -0.05) is 31.9 Å². The second-order valence-corrected chi connectivity index (χ2v) is 5.66. The maximum atomic E-state index is 13.2. The van der Waals surface area contributed by atoms with Crippen molar-refractivity contribution in [1.29, 1.82) is 5.26 Å². The summed E-state index contributed by atoms with van der Waals surface area (Å²) < 4.78 is 14.9. The Bertz CT molecular complexity index is 650. The lowest BCUT2D eigenvalue weighted by Gasteiger charge is -2.10. The van der Waals surface area contributed by atoms with E-state index in [1.807, 2.05) is 12.1 Å². The number of hydrogen-bond acceptors (Lipinski definition) is 2. The third-order valence-electron chi connectivity index (χ3n) is 2.58. The van der Waals surface area contributed by atoms with Crippen molar-refractivity contribution >= 4 is 37.5 Å². The molecule has 0 saturated carbocycles. The fourth-order valence-corrected chi connectivity index (χ4v) is 2.38. The summed E-state index contributed by atoms with van der Waals surface area (Å²) in [7, 11) is 0. The van der Waals surface area contributed by atoms with Crippen molar-refractivity contribution < 1.29 is 4.39 Å². The number of benzene rings is 2. The van der Waals surface area contributed by atoms with Crippen LogP contribution < -0.4 is 5.32 Å². The molecule has 2 aromatic rings. The van der Waals surface area contributed by atoms with Crippen LogP contribution in [0.3, 0.4) is 0 Å². The summed E-state index contributed by atoms with van der Waals surface area (Å²) in [5.41, 5.74) is 2.06. The van der Waals surface area contributed by atoms with Crippen LogP contribution in [0.2, 0.25) is 0 Å². The zero-order chi connectivity index (χ0) is 13.8. The predicted octanol–water partition coefficient (Wildman–Crippen LogP) is 4.83. The van der Waals surface area contributed by atoms with E-state index in [-0.39, 0.29) is 5.82 Å². The summed E-state index contributed by atoms with van der Waals surface area (Å²) in [6.45, 7) is 0.434. The minimum absolute atomic E-state index is 0.283. The van der Waals surface area contributed by atoms with Gasteiger partial charge in [-0.05, 0) is 42.0 Å². The van der Waals surface area contributed by atoms with E-state index in [4.69, 9.17) is 5.26 Å². The first-order valence-corrected chi connectivity index (χ1v) is 7.06. The van der Waals surface area contributed by atoms with Gasteiger partial charge >= 0.3 is 0 Å². The highest BCUT2D eigenvalue weighted by atomic mass is 79.9. The van der Waals surface area contributed by atoms with Crippen LogP contribution in [0.4, 0.5) is 10.1 Å². The van der Waals surface area contributed by atoms with Gasteiger partial charge in [-0.15, -0.1) is 0 Å². The largest absolute Gasteiger partial charge is 0.380 e. The van der Waals surface area contributed by atoms with Crippen molar-refractivity contribution in [1.82, 2.24) is 0 Å². The van der Waals surface area contributed by atoms with E-state index in [1.165, 1.54) is 12.1 Å². The molecule has 5 heteroatoms. The zero-order valence-corrected chi connectivity index (χ0v) is 12.9. The molecule has 0 radical (unpaired) electrons. The van der Waals surface area contributed by atoms with Gasteiger partial charge in [0.05, 0.1) is 11.3 Å². The molecular weight excluding hydrogens is 375 g/mol. The van der Waals surface area contributed by atoms with E-state index < -0.39 is 0 Å². The van der Waals surface area contributed by atoms with Crippen molar-refractivity contribution in [3.8, 4) is 6.07 Å². The topological polar surface area (TPSA) is 35.8 Å². The quantitative estimate of drug-likeness (QED) is 0.823. The van der Waals surface area contributed by atoms with E-state index in [1.54, 1.807) is 12.1 Å². The van der Waals surface area contributed by atoms with Crippen molar-refractivity contribution in [2.45, 2.75) is 6.54 Å². The second kappa shape index (κ2) is 6.18. The molecule has 0 aliphatic heterocycles. The van der Waals surface area contributed by atoms with E-state index in [9.17, 15) is 4.39 Å². The van der Waals surface area contributed by atoms with Gasteiger partial charge < -0.3 is 5.32 Å². The highest BCUT2D eigenvalue weighted by molar-refractivity contribution is 9.10. The number of nitriles is 1. The molecule has 2 aromatic carbocycles. The Balaban J connectivity index is 2.21. The average molecular weight is 384 g/mol. The van der Waals surface area contributed by atoms with E-state index >= 15 is 0 Å². The number of hydrogen-bond donors (Lipinski definition) is 1. The van der Waals surface area contributed by atoms with Gasteiger partial charge in [0.2, 0.25) is 0 Å². The summed E-state index contributed by atoms with van der Waals surface area (Å²) in [6.07, 6.45) is 0. The standard InChI is InChI=1S/C14H9Br2FN2/c15-11-2-1-9(7-18)14(6-11)19-8-10-5-12(17)3-4-13(10)16/h1-6,19H,8H2. The fraction of sp³-hybridized carbons (Fsp3) is 0.0714. The van der Waals surface area contributed by atoms with E-state index in [2.05, 4.69) is 43.2 Å². The van der Waals surface area contributed by atoms with Gasteiger partial charge in [-0.3, -0.25) is 0 Å². The Hall–Kier alpha value is -1.38. The molecule has 1 N–H and O–H groups in total. The van der Waals surface area contributed by atoms with Crippen molar-refractivity contribution in [2.24, 2.45) is 0 Å². The van der Waals surface area contributed by atoms with Gasteiger partial charge in [-0.2, -0.15) is 5.26 Å². The highest BCUT2D eigenvalue weighted by Gasteiger charge is 2.05. The first-order valence-electron chi connectivity index (χ1n) is 5.47. The molecule has 2 rings (SSSR count). The minimum atomic E-state index is -0.283. The van der Waals surface area contributed by atoms with Gasteiger partial charge in [0.1, 0.15) is 11.9 Å². The van der Waals surface area contributed by atoms with Crippen LogP contribution in [-0.4, -0.2) is 0 Å². The highest BCUT2D eigenvalue weighted by Crippen LogP contribution is 2.23. The maximum Gasteiger partial charge on any atom is 0.123 e. The van der Waals surface area contributed by atoms with Crippen molar-refractivity contribution in [3.63, 3.8) is 0 Å². The van der Waals surface area contributed by atoms with Crippen LogP contribution >= 0.6 is 31.9 Å². The SMILES string of the molecule is N#Cc1ccc(Br)cc1NCc1cc(F)ccc1Br. The molecule has 0 aliphatic rings. The number of halogens is 3. The fourth-order valence-electron chi connectivity index (χ4n) is 1.63. The van der Waals surface area contributed by atoms with Crippen LogP contribution in [0.15, 0.2) is 45.3 Å². The third kappa shape index (κ3) is 3.55. The van der Waals surface area contributed by atoms with Gasteiger partial charge in [0.25, 0.3) is 0 Å². The van der Waals surface area contributed by atoms with Crippen LogP contribution in [-0.2, 0) is 6.54 Å². The molecule has 0 aliphatic carbocycles. The third-order valence-corrected chi connectivity index (χ3v) is 3.85. The zero-order valence-electron chi connectivity index (χ0n) is 9.75. The van der Waals surface area contributed by atoms with E-state index in [0.717, 1.165) is 14.5 Å². The summed E-state index contributed by atoms with van der Waals surface area (Å²) in [4.78, 5) is 0. The summed E-state index contributed by atoms with van der Waals surface area (Å²) in [5, 5.41) is 12.2. The van der Waals surface area contributed by atoms with Crippen LogP contribution in [0, 0.1) is 17.1 Å². The van der Waals surface area contributed by atoms with Gasteiger partial charge in [0.15, 0.2) is 0 Å². The van der Waals surface area contributed by atoms with Crippen molar-refractivity contribution in [2.75, 3.05) is 5.32 Å². The number of nitrogens with zero attached hydrogens (tertiary/aromatic N) is 1. The first kappa shape index (κ1) is 14.0. The van der Waals surface area contributed by atoms with Crippen molar-refractivity contribution in [3.05, 3.63) is 62.3 Å². The molecule has 0 aromatic heterocycles. The minimum Gasteiger partial charge on any atom is -0.380 e. The maximum absolute atomic E-state index is 13.2.